The number of oxazole rings is 1. The van der Waals surface area contributed by atoms with Crippen molar-refractivity contribution < 1.29 is 13.9 Å². The highest BCUT2D eigenvalue weighted by Crippen LogP contribution is 2.29. The minimum absolute atomic E-state index is 0.645. The summed E-state index contributed by atoms with van der Waals surface area (Å²) in [5, 5.41) is 0. The summed E-state index contributed by atoms with van der Waals surface area (Å²) < 4.78 is 16.7. The first-order chi connectivity index (χ1) is 14.3. The second-order valence-corrected chi connectivity index (χ2v) is 7.04. The Morgan fingerprint density at radius 3 is 2.48 bits per heavy atom. The van der Waals surface area contributed by atoms with Gasteiger partial charge in [0.05, 0.1) is 25.1 Å². The SMILES string of the molecule is CCOc1ccccc1N1CCN(Cc2coc(-c3ccc(OC)cc3)n2)CC1. The number of para-hydroxylation sites is 2. The first-order valence-corrected chi connectivity index (χ1v) is 10.0. The van der Waals surface area contributed by atoms with Crippen LogP contribution in [0.5, 0.6) is 11.5 Å². The summed E-state index contributed by atoms with van der Waals surface area (Å²) in [4.78, 5) is 9.47. The molecule has 1 aliphatic rings. The topological polar surface area (TPSA) is 51.0 Å². The van der Waals surface area contributed by atoms with Gasteiger partial charge < -0.3 is 18.8 Å². The van der Waals surface area contributed by atoms with E-state index < -0.39 is 0 Å². The molecule has 0 bridgehead atoms. The maximum Gasteiger partial charge on any atom is 0.226 e. The van der Waals surface area contributed by atoms with Gasteiger partial charge in [-0.15, -0.1) is 0 Å². The third kappa shape index (κ3) is 4.54. The monoisotopic (exact) mass is 393 g/mol. The fourth-order valence-corrected chi connectivity index (χ4v) is 3.62. The van der Waals surface area contributed by atoms with Crippen LogP contribution < -0.4 is 14.4 Å². The second-order valence-electron chi connectivity index (χ2n) is 7.04. The van der Waals surface area contributed by atoms with Crippen LogP contribution in [-0.4, -0.2) is 49.8 Å². The Morgan fingerprint density at radius 2 is 1.76 bits per heavy atom. The number of hydrogen-bond acceptors (Lipinski definition) is 6. The number of aromatic nitrogens is 1. The second kappa shape index (κ2) is 9.01. The van der Waals surface area contributed by atoms with E-state index in [4.69, 9.17) is 13.9 Å². The molecule has 0 unspecified atom stereocenters. The lowest BCUT2D eigenvalue weighted by Crippen LogP contribution is -2.46. The molecule has 2 aromatic carbocycles. The minimum atomic E-state index is 0.645. The minimum Gasteiger partial charge on any atom is -0.497 e. The van der Waals surface area contributed by atoms with Crippen molar-refractivity contribution in [2.24, 2.45) is 0 Å². The molecule has 29 heavy (non-hydrogen) atoms. The molecule has 152 valence electrons. The first-order valence-electron chi connectivity index (χ1n) is 10.0. The number of anilines is 1. The van der Waals surface area contributed by atoms with Gasteiger partial charge in [-0.3, -0.25) is 4.90 Å². The highest BCUT2D eigenvalue weighted by molar-refractivity contribution is 5.58. The number of methoxy groups -OCH3 is 1. The summed E-state index contributed by atoms with van der Waals surface area (Å²) in [6.07, 6.45) is 1.76. The smallest absolute Gasteiger partial charge is 0.226 e. The molecule has 0 atom stereocenters. The fraction of sp³-hybridized carbons (Fsp3) is 0.348. The van der Waals surface area contributed by atoms with Crippen LogP contribution in [0.3, 0.4) is 0 Å². The predicted molar refractivity (Wildman–Crippen MR) is 114 cm³/mol. The van der Waals surface area contributed by atoms with Crippen molar-refractivity contribution in [2.45, 2.75) is 13.5 Å². The zero-order valence-corrected chi connectivity index (χ0v) is 17.0. The van der Waals surface area contributed by atoms with Gasteiger partial charge in [-0.05, 0) is 43.3 Å². The Hall–Kier alpha value is -2.99. The number of nitrogens with zero attached hydrogens (tertiary/aromatic N) is 3. The molecule has 0 N–H and O–H groups in total. The van der Waals surface area contributed by atoms with Gasteiger partial charge >= 0.3 is 0 Å². The lowest BCUT2D eigenvalue weighted by atomic mass is 10.2. The summed E-state index contributed by atoms with van der Waals surface area (Å²) in [7, 11) is 1.66. The molecule has 1 aromatic heterocycles. The lowest BCUT2D eigenvalue weighted by Gasteiger charge is -2.36. The first kappa shape index (κ1) is 19.3. The van der Waals surface area contributed by atoms with Crippen molar-refractivity contribution in [1.82, 2.24) is 9.88 Å². The molecule has 1 fully saturated rings. The highest BCUT2D eigenvalue weighted by atomic mass is 16.5. The fourth-order valence-electron chi connectivity index (χ4n) is 3.62. The largest absolute Gasteiger partial charge is 0.497 e. The van der Waals surface area contributed by atoms with E-state index in [9.17, 15) is 0 Å². The van der Waals surface area contributed by atoms with Gasteiger partial charge in [-0.2, -0.15) is 0 Å². The highest BCUT2D eigenvalue weighted by Gasteiger charge is 2.20. The molecule has 0 saturated carbocycles. The van der Waals surface area contributed by atoms with Gasteiger partial charge in [0, 0.05) is 38.3 Å². The Labute approximate surface area is 171 Å². The maximum atomic E-state index is 5.79. The Morgan fingerprint density at radius 1 is 1.00 bits per heavy atom. The van der Waals surface area contributed by atoms with E-state index in [0.717, 1.165) is 55.5 Å². The Balaban J connectivity index is 1.35. The van der Waals surface area contributed by atoms with Crippen molar-refractivity contribution in [3.63, 3.8) is 0 Å². The van der Waals surface area contributed by atoms with Crippen LogP contribution >= 0.6 is 0 Å². The molecule has 6 heteroatoms. The van der Waals surface area contributed by atoms with E-state index >= 15 is 0 Å². The molecule has 0 aliphatic carbocycles. The van der Waals surface area contributed by atoms with E-state index in [1.165, 1.54) is 5.69 Å². The number of rotatable bonds is 7. The van der Waals surface area contributed by atoms with Gasteiger partial charge in [0.25, 0.3) is 0 Å². The van der Waals surface area contributed by atoms with Crippen LogP contribution in [0.4, 0.5) is 5.69 Å². The molecule has 0 radical (unpaired) electrons. The third-order valence-electron chi connectivity index (χ3n) is 5.15. The third-order valence-corrected chi connectivity index (χ3v) is 5.15. The Kier molecular flexibility index (Phi) is 6.00. The predicted octanol–water partition coefficient (Wildman–Crippen LogP) is 4.07. The van der Waals surface area contributed by atoms with Gasteiger partial charge in [-0.25, -0.2) is 4.98 Å². The number of ether oxygens (including phenoxy) is 2. The zero-order valence-electron chi connectivity index (χ0n) is 17.0. The average molecular weight is 393 g/mol. The molecule has 2 heterocycles. The molecule has 6 nitrogen and oxygen atoms in total. The number of piperazine rings is 1. The molecule has 1 aliphatic heterocycles. The maximum absolute atomic E-state index is 5.79. The van der Waals surface area contributed by atoms with E-state index in [1.807, 2.05) is 43.3 Å². The Bertz CT molecular complexity index is 915. The summed E-state index contributed by atoms with van der Waals surface area (Å²) in [5.41, 5.74) is 3.09. The van der Waals surface area contributed by atoms with Crippen molar-refractivity contribution in [3.8, 4) is 23.0 Å². The van der Waals surface area contributed by atoms with Crippen molar-refractivity contribution in [1.29, 1.82) is 0 Å². The molecule has 4 rings (SSSR count). The van der Waals surface area contributed by atoms with Crippen molar-refractivity contribution >= 4 is 5.69 Å². The van der Waals surface area contributed by atoms with Crippen molar-refractivity contribution in [2.75, 3.05) is 44.8 Å². The molecule has 3 aromatic rings. The van der Waals surface area contributed by atoms with Gasteiger partial charge in [0.1, 0.15) is 17.8 Å². The summed E-state index contributed by atoms with van der Waals surface area (Å²) in [5.74, 6) is 2.43. The van der Waals surface area contributed by atoms with Gasteiger partial charge in [-0.1, -0.05) is 12.1 Å². The normalized spacial score (nSPS) is 14.8. The lowest BCUT2D eigenvalue weighted by molar-refractivity contribution is 0.245. The molecular weight excluding hydrogens is 366 g/mol. The molecule has 0 amide bonds. The van der Waals surface area contributed by atoms with Gasteiger partial charge in [0.2, 0.25) is 5.89 Å². The van der Waals surface area contributed by atoms with E-state index in [0.29, 0.717) is 12.5 Å². The summed E-state index contributed by atoms with van der Waals surface area (Å²) >= 11 is 0. The van der Waals surface area contributed by atoms with Crippen LogP contribution in [0, 0.1) is 0 Å². The zero-order chi connectivity index (χ0) is 20.1. The number of benzene rings is 2. The van der Waals surface area contributed by atoms with Crippen LogP contribution in [-0.2, 0) is 6.54 Å². The van der Waals surface area contributed by atoms with Crippen LogP contribution in [0.1, 0.15) is 12.6 Å². The molecule has 0 spiro atoms. The van der Waals surface area contributed by atoms with E-state index in [-0.39, 0.29) is 0 Å². The number of hydrogen-bond donors (Lipinski definition) is 0. The quantitative estimate of drug-likeness (QED) is 0.603. The molecular formula is C23H27N3O3. The van der Waals surface area contributed by atoms with Crippen LogP contribution in [0.15, 0.2) is 59.2 Å². The van der Waals surface area contributed by atoms with Crippen LogP contribution in [0.25, 0.3) is 11.5 Å². The van der Waals surface area contributed by atoms with E-state index in [2.05, 4.69) is 26.9 Å². The molecule has 1 saturated heterocycles. The summed E-state index contributed by atoms with van der Waals surface area (Å²) in [6, 6.07) is 16.0. The van der Waals surface area contributed by atoms with Crippen molar-refractivity contribution in [3.05, 3.63) is 60.5 Å². The summed E-state index contributed by atoms with van der Waals surface area (Å²) in [6.45, 7) is 7.38. The van der Waals surface area contributed by atoms with Gasteiger partial charge in [0.15, 0.2) is 0 Å². The van der Waals surface area contributed by atoms with Crippen LogP contribution in [0.2, 0.25) is 0 Å². The van der Waals surface area contributed by atoms with E-state index in [1.54, 1.807) is 13.4 Å². The average Bonchev–Trinajstić information content (AvgIpc) is 3.23. The standard InChI is InChI=1S/C23H27N3O3/c1-3-28-22-7-5-4-6-21(22)26-14-12-25(13-15-26)16-19-17-29-23(24-19)18-8-10-20(27-2)11-9-18/h4-11,17H,3,12-16H2,1-2H3.